The average Bonchev–Trinajstić information content (AvgIpc) is 3.35. The van der Waals surface area contributed by atoms with Crippen LogP contribution in [0.5, 0.6) is 5.88 Å². The van der Waals surface area contributed by atoms with E-state index in [1.54, 1.807) is 4.68 Å². The number of nitrogens with one attached hydrogen (secondary N) is 1. The minimum atomic E-state index is -3.26. The lowest BCUT2D eigenvalue weighted by atomic mass is 9.94. The van der Waals surface area contributed by atoms with Crippen molar-refractivity contribution >= 4 is 15.6 Å². The molecular formula is C21H27F2N5O2S. The van der Waals surface area contributed by atoms with Gasteiger partial charge in [0.15, 0.2) is 0 Å². The summed E-state index contributed by atoms with van der Waals surface area (Å²) in [7, 11) is -3.26. The smallest absolute Gasteiger partial charge is 0.256 e. The summed E-state index contributed by atoms with van der Waals surface area (Å²) in [4.78, 5) is 0.264. The number of nitrogens with two attached hydrogens (primary N) is 1. The van der Waals surface area contributed by atoms with Crippen LogP contribution in [0.15, 0.2) is 21.5 Å². The first kappa shape index (κ1) is 20.7. The van der Waals surface area contributed by atoms with Crippen LogP contribution in [0.4, 0.5) is 14.5 Å². The van der Waals surface area contributed by atoms with Crippen LogP contribution < -0.4 is 15.2 Å². The van der Waals surface area contributed by atoms with E-state index in [2.05, 4.69) is 28.6 Å². The molecule has 0 spiro atoms. The molecule has 0 fully saturated rings. The monoisotopic (exact) mass is 451 g/mol. The van der Waals surface area contributed by atoms with E-state index >= 15 is 0 Å². The largest absolute Gasteiger partial charge is 0.476 e. The Balaban J connectivity index is 1.42. The number of hydrogen-bond acceptors (Lipinski definition) is 5. The first-order valence-corrected chi connectivity index (χ1v) is 12.1. The molecule has 0 bridgehead atoms. The molecule has 0 amide bonds. The fraction of sp³-hybridized carbons (Fsp3) is 0.571. The topological polar surface area (TPSA) is 94.5 Å². The molecule has 10 heteroatoms. The van der Waals surface area contributed by atoms with Gasteiger partial charge in [-0.2, -0.15) is 9.46 Å². The summed E-state index contributed by atoms with van der Waals surface area (Å²) in [5.41, 5.74) is 4.18. The van der Waals surface area contributed by atoms with Crippen molar-refractivity contribution in [1.29, 1.82) is 0 Å². The van der Waals surface area contributed by atoms with Crippen LogP contribution in [-0.4, -0.2) is 33.2 Å². The number of aryl methyl sites for hydroxylation is 1. The number of benzene rings is 1. The molecular weight excluding hydrogens is 424 g/mol. The molecule has 7 nitrogen and oxygen atoms in total. The van der Waals surface area contributed by atoms with E-state index in [9.17, 15) is 13.0 Å². The second-order valence-corrected chi connectivity index (χ2v) is 11.4. The van der Waals surface area contributed by atoms with Crippen molar-refractivity contribution in [2.24, 2.45) is 14.9 Å². The highest BCUT2D eigenvalue weighted by molar-refractivity contribution is 7.91. The van der Waals surface area contributed by atoms with Gasteiger partial charge in [-0.3, -0.25) is 0 Å². The standard InChI is InChI=1S/C21H27F2N5O2S/c1-20(2)10-28-19(30-11-20)17(9-26-28)31(24,29)27-12-25-18-15-5-3-4-13(15)6-14-7-21(22,23)8-16(14)18/h6,9,25H,3-5,7-8,10-12H2,1-2H3,(H2,24,27,29). The molecule has 0 saturated heterocycles. The molecule has 3 aliphatic rings. The number of fused-ring (bicyclic) bond motifs is 3. The number of hydrogen-bond donors (Lipinski definition) is 2. The Morgan fingerprint density at radius 1 is 1.29 bits per heavy atom. The molecule has 0 saturated carbocycles. The molecule has 5 rings (SSSR count). The first-order chi connectivity index (χ1) is 14.5. The van der Waals surface area contributed by atoms with Crippen LogP contribution >= 0.6 is 0 Å². The van der Waals surface area contributed by atoms with Gasteiger partial charge in [0.25, 0.3) is 5.92 Å². The average molecular weight is 452 g/mol. The van der Waals surface area contributed by atoms with E-state index in [1.807, 2.05) is 6.07 Å². The molecule has 168 valence electrons. The number of aromatic nitrogens is 2. The second kappa shape index (κ2) is 6.90. The highest BCUT2D eigenvalue weighted by Gasteiger charge is 2.40. The van der Waals surface area contributed by atoms with Gasteiger partial charge in [-0.15, -0.1) is 0 Å². The number of anilines is 1. The number of halogens is 2. The van der Waals surface area contributed by atoms with Crippen LogP contribution in [0.1, 0.15) is 42.5 Å². The molecule has 31 heavy (non-hydrogen) atoms. The zero-order chi connectivity index (χ0) is 22.0. The SMILES string of the molecule is CC1(C)COc2c(S(N)(=O)=NCNc3c4c(cc5c3CC(F)(F)C5)CCC4)cnn2C1. The Hall–Kier alpha value is -2.20. The molecule has 2 heterocycles. The normalized spacial score (nSPS) is 22.1. The molecule has 0 radical (unpaired) electrons. The minimum absolute atomic E-state index is 0.0418. The lowest BCUT2D eigenvalue weighted by molar-refractivity contribution is 0.0131. The van der Waals surface area contributed by atoms with Crippen LogP contribution in [0.2, 0.25) is 0 Å². The quantitative estimate of drug-likeness (QED) is 0.746. The van der Waals surface area contributed by atoms with Crippen molar-refractivity contribution in [1.82, 2.24) is 9.78 Å². The lowest BCUT2D eigenvalue weighted by Gasteiger charge is -2.30. The third-order valence-corrected chi connectivity index (χ3v) is 7.67. The first-order valence-electron chi connectivity index (χ1n) is 10.5. The summed E-state index contributed by atoms with van der Waals surface area (Å²) in [6, 6.07) is 1.94. The Morgan fingerprint density at radius 3 is 2.90 bits per heavy atom. The molecule has 3 N–H and O–H groups in total. The van der Waals surface area contributed by atoms with Crippen LogP contribution in [-0.2, 0) is 42.1 Å². The summed E-state index contributed by atoms with van der Waals surface area (Å²) >= 11 is 0. The van der Waals surface area contributed by atoms with Crippen molar-refractivity contribution in [2.75, 3.05) is 18.6 Å². The molecule has 2 aliphatic carbocycles. The predicted molar refractivity (Wildman–Crippen MR) is 114 cm³/mol. The second-order valence-electron chi connectivity index (χ2n) is 9.55. The predicted octanol–water partition coefficient (Wildman–Crippen LogP) is 3.29. The van der Waals surface area contributed by atoms with E-state index < -0.39 is 15.8 Å². The van der Waals surface area contributed by atoms with Gasteiger partial charge in [-0.25, -0.2) is 22.8 Å². The van der Waals surface area contributed by atoms with E-state index in [-0.39, 0.29) is 29.8 Å². The minimum Gasteiger partial charge on any atom is -0.476 e. The van der Waals surface area contributed by atoms with Gasteiger partial charge in [0, 0.05) is 23.9 Å². The van der Waals surface area contributed by atoms with E-state index in [0.717, 1.165) is 36.1 Å². The number of ether oxygens (including phenoxy) is 1. The Morgan fingerprint density at radius 2 is 2.10 bits per heavy atom. The van der Waals surface area contributed by atoms with Gasteiger partial charge >= 0.3 is 0 Å². The summed E-state index contributed by atoms with van der Waals surface area (Å²) < 4.78 is 53.0. The molecule has 1 unspecified atom stereocenters. The zero-order valence-electron chi connectivity index (χ0n) is 17.7. The fourth-order valence-corrected chi connectivity index (χ4v) is 5.84. The maximum atomic E-state index is 14.1. The van der Waals surface area contributed by atoms with Gasteiger partial charge in [-0.1, -0.05) is 19.9 Å². The summed E-state index contributed by atoms with van der Waals surface area (Å²) in [6.45, 7) is 5.18. The molecule has 1 aromatic heterocycles. The van der Waals surface area contributed by atoms with Gasteiger partial charge in [0.2, 0.25) is 5.88 Å². The van der Waals surface area contributed by atoms with E-state index in [1.165, 1.54) is 6.20 Å². The van der Waals surface area contributed by atoms with Crippen molar-refractivity contribution in [3.05, 3.63) is 34.5 Å². The maximum absolute atomic E-state index is 14.1. The maximum Gasteiger partial charge on any atom is 0.256 e. The Labute approximate surface area is 180 Å². The van der Waals surface area contributed by atoms with Crippen molar-refractivity contribution < 1.29 is 17.7 Å². The van der Waals surface area contributed by atoms with Crippen molar-refractivity contribution in [2.45, 2.75) is 63.3 Å². The number of rotatable bonds is 4. The Bertz CT molecular complexity index is 1180. The summed E-state index contributed by atoms with van der Waals surface area (Å²) in [6.07, 6.45) is 3.67. The van der Waals surface area contributed by atoms with Crippen molar-refractivity contribution in [3.8, 4) is 5.88 Å². The van der Waals surface area contributed by atoms with Crippen molar-refractivity contribution in [3.63, 3.8) is 0 Å². The van der Waals surface area contributed by atoms with E-state index in [0.29, 0.717) is 30.2 Å². The fourth-order valence-electron chi connectivity index (χ4n) is 4.83. The van der Waals surface area contributed by atoms with Crippen LogP contribution in [0, 0.1) is 5.41 Å². The molecule has 1 atom stereocenters. The van der Waals surface area contributed by atoms with E-state index in [4.69, 9.17) is 9.88 Å². The highest BCUT2D eigenvalue weighted by Crippen LogP contribution is 2.43. The highest BCUT2D eigenvalue weighted by atomic mass is 32.2. The number of nitrogens with zero attached hydrogens (tertiary/aromatic N) is 3. The zero-order valence-corrected chi connectivity index (χ0v) is 18.5. The molecule has 1 aliphatic heterocycles. The van der Waals surface area contributed by atoms with Gasteiger partial charge in [0.05, 0.1) is 19.3 Å². The van der Waals surface area contributed by atoms with Gasteiger partial charge < -0.3 is 10.1 Å². The van der Waals surface area contributed by atoms with Gasteiger partial charge in [-0.05, 0) is 41.5 Å². The third kappa shape index (κ3) is 3.69. The molecule has 2 aromatic rings. The summed E-state index contributed by atoms with van der Waals surface area (Å²) in [5.74, 6) is -2.34. The van der Waals surface area contributed by atoms with Crippen LogP contribution in [0.3, 0.4) is 0 Å². The lowest BCUT2D eigenvalue weighted by Crippen LogP contribution is -2.33. The summed E-state index contributed by atoms with van der Waals surface area (Å²) in [5, 5.41) is 13.5. The van der Waals surface area contributed by atoms with Gasteiger partial charge in [0.1, 0.15) is 21.5 Å². The van der Waals surface area contributed by atoms with Crippen LogP contribution in [0.25, 0.3) is 0 Å². The Kier molecular flexibility index (Phi) is 4.60. The third-order valence-electron chi connectivity index (χ3n) is 6.25. The number of alkyl halides is 2. The molecule has 1 aromatic carbocycles.